The first-order valence-corrected chi connectivity index (χ1v) is 11.6. The van der Waals surface area contributed by atoms with Crippen LogP contribution in [-0.2, 0) is 21.0 Å². The van der Waals surface area contributed by atoms with Crippen LogP contribution >= 0.6 is 15.1 Å². The first-order valence-electron chi connectivity index (χ1n) is 8.09. The normalized spacial score (nSPS) is 12.7. The van der Waals surface area contributed by atoms with Crippen LogP contribution in [0.2, 0.25) is 0 Å². The number of hydrogen-bond acceptors (Lipinski definition) is 8. The molecule has 0 spiro atoms. The smallest absolute Gasteiger partial charge is 0.674 e. The fourth-order valence-electron chi connectivity index (χ4n) is 2.18. The van der Waals surface area contributed by atoms with Crippen LogP contribution in [0, 0.1) is 0 Å². The molecule has 0 fully saturated rings. The number of methoxy groups -OCH3 is 1. The zero-order valence-electron chi connectivity index (χ0n) is 16.5. The van der Waals surface area contributed by atoms with E-state index in [1.54, 1.807) is 56.5 Å². The van der Waals surface area contributed by atoms with Gasteiger partial charge in [0.05, 0.1) is 20.4 Å². The molecule has 0 aliphatic heterocycles. The van der Waals surface area contributed by atoms with Gasteiger partial charge in [0, 0.05) is 5.56 Å². The van der Waals surface area contributed by atoms with Crippen molar-refractivity contribution in [3.63, 3.8) is 0 Å². The third-order valence-corrected chi connectivity index (χ3v) is 6.66. The van der Waals surface area contributed by atoms with Crippen molar-refractivity contribution < 1.29 is 53.3 Å². The van der Waals surface area contributed by atoms with Crippen LogP contribution in [-0.4, -0.2) is 32.2 Å². The number of benzene rings is 2. The molecule has 0 radical (unpaired) electrons. The Balaban J connectivity index is 0.00000420. The van der Waals surface area contributed by atoms with Gasteiger partial charge in [-0.15, -0.1) is 5.10 Å². The number of ether oxygens (including phenoxy) is 1. The third kappa shape index (κ3) is 7.98. The van der Waals surface area contributed by atoms with Gasteiger partial charge in [-0.05, 0) is 65.7 Å². The van der Waals surface area contributed by atoms with Crippen molar-refractivity contribution in [2.24, 2.45) is 5.10 Å². The number of nitrogens with one attached hydrogen (secondary N) is 1. The summed E-state index contributed by atoms with van der Waals surface area (Å²) < 4.78 is 27.7. The molecule has 0 aromatic heterocycles. The minimum atomic E-state index is -2.39. The predicted molar refractivity (Wildman–Crippen MR) is 110 cm³/mol. The molecule has 3 unspecified atom stereocenters. The summed E-state index contributed by atoms with van der Waals surface area (Å²) in [5.41, 5.74) is 1.55. The quantitative estimate of drug-likeness (QED) is 0.174. The van der Waals surface area contributed by atoms with Crippen molar-refractivity contribution in [1.82, 2.24) is 10.1 Å². The summed E-state index contributed by atoms with van der Waals surface area (Å²) in [6.45, 7) is 0. The van der Waals surface area contributed by atoms with Gasteiger partial charge in [0.15, 0.2) is 5.75 Å². The van der Waals surface area contributed by atoms with Gasteiger partial charge in [0.2, 0.25) is 11.8 Å². The average Bonchev–Trinajstić information content (AvgIpc) is 2.73. The van der Waals surface area contributed by atoms with Gasteiger partial charge in [0.1, 0.15) is 5.75 Å². The Morgan fingerprint density at radius 1 is 1.17 bits per heavy atom. The predicted octanol–water partition coefficient (Wildman–Crippen LogP) is 0.0700. The van der Waals surface area contributed by atoms with E-state index in [-0.39, 0.29) is 29.6 Å². The van der Waals surface area contributed by atoms with Gasteiger partial charge in [-0.25, -0.2) is 0 Å². The molecule has 0 heterocycles. The van der Waals surface area contributed by atoms with Crippen LogP contribution in [0.15, 0.2) is 53.6 Å². The van der Waals surface area contributed by atoms with Crippen molar-refractivity contribution in [1.29, 1.82) is 0 Å². The first kappa shape index (κ1) is 26.0. The fourth-order valence-corrected chi connectivity index (χ4v) is 3.83. The van der Waals surface area contributed by atoms with Crippen molar-refractivity contribution in [2.45, 2.75) is 5.78 Å². The number of nitrogens with zero attached hydrogens (tertiary/aromatic N) is 2. The number of hydrogen-bond donors (Lipinski definition) is 1. The van der Waals surface area contributed by atoms with E-state index in [4.69, 9.17) is 21.1 Å². The van der Waals surface area contributed by atoms with E-state index >= 15 is 0 Å². The van der Waals surface area contributed by atoms with Gasteiger partial charge in [-0.3, -0.25) is 9.84 Å². The third-order valence-electron chi connectivity index (χ3n) is 3.66. The van der Waals surface area contributed by atoms with Crippen molar-refractivity contribution in [3.05, 3.63) is 59.7 Å². The Morgan fingerprint density at radius 3 is 2.28 bits per heavy atom. The summed E-state index contributed by atoms with van der Waals surface area (Å²) in [6, 6.07) is 14.2. The van der Waals surface area contributed by atoms with Crippen molar-refractivity contribution in [3.8, 4) is 11.5 Å². The maximum atomic E-state index is 11.6. The zero-order chi connectivity index (χ0) is 20.5. The van der Waals surface area contributed by atoms with Crippen molar-refractivity contribution in [2.75, 3.05) is 21.2 Å². The molecule has 0 aliphatic rings. The zero-order valence-corrected chi connectivity index (χ0v) is 21.1. The molecule has 3 atom stereocenters. The maximum absolute atomic E-state index is 11.6. The van der Waals surface area contributed by atoms with Crippen LogP contribution in [0.5, 0.6) is 11.5 Å². The monoisotopic (exact) mass is 463 g/mol. The molecule has 2 aromatic rings. The standard InChI is InChI=1S/C17H20N3O5P2S.Na/c1-18-17(26(22)25-21)14-6-10-16(11-7-14)24-27(28)20(2)19-12-13-4-8-15(23-3)9-5-13;/h4-12,17-18H,1-3H3;/q2*+1/b19-12+;. The van der Waals surface area contributed by atoms with E-state index in [1.165, 1.54) is 0 Å². The van der Waals surface area contributed by atoms with E-state index in [1.807, 2.05) is 24.3 Å². The summed E-state index contributed by atoms with van der Waals surface area (Å²) in [5.74, 6) is 0.627. The summed E-state index contributed by atoms with van der Waals surface area (Å²) in [4.78, 5) is 0. The second-order valence-electron chi connectivity index (χ2n) is 5.46. The topological polar surface area (TPSA) is 95.5 Å². The van der Waals surface area contributed by atoms with Crippen molar-refractivity contribution >= 4 is 33.1 Å². The molecule has 29 heavy (non-hydrogen) atoms. The molecule has 0 aliphatic carbocycles. The van der Waals surface area contributed by atoms with Crippen LogP contribution in [0.3, 0.4) is 0 Å². The van der Waals surface area contributed by atoms with E-state index in [0.29, 0.717) is 11.3 Å². The van der Waals surface area contributed by atoms with Crippen LogP contribution in [0.4, 0.5) is 0 Å². The van der Waals surface area contributed by atoms with Gasteiger partial charge < -0.3 is 9.99 Å². The number of hydrazone groups is 1. The molecule has 12 heteroatoms. The SMILES string of the molecule is CNC(c1ccc(O[P+](=S)N(C)/N=C/c2ccc(OC)cc2)cc1)[P+](=O)O[O-].[Na+]. The minimum Gasteiger partial charge on any atom is -0.674 e. The molecular formula is C17H20N3NaO5P2S+2. The molecule has 1 N–H and O–H groups in total. The molecule has 148 valence electrons. The molecule has 8 nitrogen and oxygen atoms in total. The Hall–Kier alpha value is -0.990. The second kappa shape index (κ2) is 13.3. The summed E-state index contributed by atoms with van der Waals surface area (Å²) in [5, 5.41) is 17.5. The van der Waals surface area contributed by atoms with Gasteiger partial charge in [-0.1, -0.05) is 4.78 Å². The second-order valence-corrected chi connectivity index (χ2v) is 8.87. The van der Waals surface area contributed by atoms with Crippen LogP contribution < -0.4 is 49.4 Å². The largest absolute Gasteiger partial charge is 1.00 e. The van der Waals surface area contributed by atoms with Gasteiger partial charge >= 0.3 is 44.7 Å². The van der Waals surface area contributed by atoms with Gasteiger partial charge in [0.25, 0.3) is 5.78 Å². The summed E-state index contributed by atoms with van der Waals surface area (Å²) in [6.07, 6.45) is 1.69. The van der Waals surface area contributed by atoms with Crippen LogP contribution in [0.25, 0.3) is 0 Å². The Bertz CT molecular complexity index is 840. The summed E-state index contributed by atoms with van der Waals surface area (Å²) in [7, 11) is 1.13. The Morgan fingerprint density at radius 2 is 1.76 bits per heavy atom. The molecule has 2 aromatic carbocycles. The minimum absolute atomic E-state index is 0. The van der Waals surface area contributed by atoms with Gasteiger partial charge in [-0.2, -0.15) is 4.67 Å². The van der Waals surface area contributed by atoms with E-state index in [0.717, 1.165) is 11.3 Å². The maximum Gasteiger partial charge on any atom is 1.00 e. The van der Waals surface area contributed by atoms with E-state index in [2.05, 4.69) is 15.1 Å². The fraction of sp³-hybridized carbons (Fsp3) is 0.235. The van der Waals surface area contributed by atoms with E-state index in [9.17, 15) is 9.82 Å². The Labute approximate surface area is 198 Å². The molecule has 2 rings (SSSR count). The average molecular weight is 463 g/mol. The molecular weight excluding hydrogens is 443 g/mol. The first-order chi connectivity index (χ1) is 13.5. The molecule has 0 saturated carbocycles. The summed E-state index contributed by atoms with van der Waals surface area (Å²) >= 11 is 5.38. The molecule has 0 saturated heterocycles. The Kier molecular flexibility index (Phi) is 12.0. The molecule has 0 amide bonds. The van der Waals surface area contributed by atoms with E-state index < -0.39 is 20.9 Å². The number of rotatable bonds is 10. The molecule has 0 bridgehead atoms. The van der Waals surface area contributed by atoms with Crippen LogP contribution in [0.1, 0.15) is 16.9 Å².